The van der Waals surface area contributed by atoms with Gasteiger partial charge in [0.2, 0.25) is 0 Å². The Morgan fingerprint density at radius 2 is 2.12 bits per heavy atom. The molecule has 2 atom stereocenters. The fourth-order valence-electron chi connectivity index (χ4n) is 1.35. The standard InChI is InChI=1S/C12H18FNOS/c1-9(7-15)8-16-12(6-14)10-4-2-3-5-11(10)13/h2-5,9,12,15H,6-8,14H2,1H3. The number of benzene rings is 1. The minimum Gasteiger partial charge on any atom is -0.396 e. The fraction of sp³-hybridized carbons (Fsp3) is 0.500. The molecule has 2 nitrogen and oxygen atoms in total. The average molecular weight is 243 g/mol. The van der Waals surface area contributed by atoms with Crippen LogP contribution in [0.2, 0.25) is 0 Å². The molecule has 4 heteroatoms. The van der Waals surface area contributed by atoms with Gasteiger partial charge in [-0.3, -0.25) is 0 Å². The Labute approximate surface area is 100 Å². The van der Waals surface area contributed by atoms with E-state index in [-0.39, 0.29) is 23.6 Å². The van der Waals surface area contributed by atoms with Crippen molar-refractivity contribution in [3.05, 3.63) is 35.6 Å². The van der Waals surface area contributed by atoms with Gasteiger partial charge in [-0.1, -0.05) is 25.1 Å². The van der Waals surface area contributed by atoms with Gasteiger partial charge in [0.15, 0.2) is 0 Å². The first-order valence-electron chi connectivity index (χ1n) is 5.36. The van der Waals surface area contributed by atoms with Gasteiger partial charge in [0.25, 0.3) is 0 Å². The van der Waals surface area contributed by atoms with Gasteiger partial charge in [0.1, 0.15) is 5.82 Å². The molecule has 2 unspecified atom stereocenters. The lowest BCUT2D eigenvalue weighted by atomic mass is 10.1. The summed E-state index contributed by atoms with van der Waals surface area (Å²) in [5.74, 6) is 0.792. The third-order valence-electron chi connectivity index (χ3n) is 2.36. The lowest BCUT2D eigenvalue weighted by Gasteiger charge is -2.17. The largest absolute Gasteiger partial charge is 0.396 e. The zero-order valence-electron chi connectivity index (χ0n) is 9.40. The second-order valence-corrected chi connectivity index (χ2v) is 5.10. The SMILES string of the molecule is CC(CO)CSC(CN)c1ccccc1F. The van der Waals surface area contributed by atoms with Crippen LogP contribution >= 0.6 is 11.8 Å². The maximum atomic E-state index is 13.5. The van der Waals surface area contributed by atoms with Crippen molar-refractivity contribution in [1.29, 1.82) is 0 Å². The second-order valence-electron chi connectivity index (χ2n) is 3.87. The van der Waals surface area contributed by atoms with Crippen molar-refractivity contribution in [2.75, 3.05) is 18.9 Å². The molecule has 0 amide bonds. The number of thioether (sulfide) groups is 1. The molecule has 0 radical (unpaired) electrons. The Morgan fingerprint density at radius 3 is 2.69 bits per heavy atom. The fourth-order valence-corrected chi connectivity index (χ4v) is 2.53. The highest BCUT2D eigenvalue weighted by molar-refractivity contribution is 7.99. The van der Waals surface area contributed by atoms with Gasteiger partial charge in [0, 0.05) is 24.0 Å². The van der Waals surface area contributed by atoms with Gasteiger partial charge in [0.05, 0.1) is 0 Å². The number of aliphatic hydroxyl groups excluding tert-OH is 1. The van der Waals surface area contributed by atoms with Crippen molar-refractivity contribution >= 4 is 11.8 Å². The van der Waals surface area contributed by atoms with E-state index in [1.165, 1.54) is 6.07 Å². The van der Waals surface area contributed by atoms with Crippen molar-refractivity contribution in [2.45, 2.75) is 12.2 Å². The van der Waals surface area contributed by atoms with Crippen LogP contribution in [0.3, 0.4) is 0 Å². The maximum absolute atomic E-state index is 13.5. The predicted octanol–water partition coefficient (Wildman–Crippen LogP) is 2.19. The van der Waals surface area contributed by atoms with E-state index < -0.39 is 0 Å². The van der Waals surface area contributed by atoms with Crippen molar-refractivity contribution in [3.8, 4) is 0 Å². The van der Waals surface area contributed by atoms with Crippen LogP contribution in [0.4, 0.5) is 4.39 Å². The number of aliphatic hydroxyl groups is 1. The first-order valence-corrected chi connectivity index (χ1v) is 6.40. The van der Waals surface area contributed by atoms with Gasteiger partial charge >= 0.3 is 0 Å². The van der Waals surface area contributed by atoms with Crippen LogP contribution in [-0.2, 0) is 0 Å². The number of nitrogens with two attached hydrogens (primary N) is 1. The van der Waals surface area contributed by atoms with Crippen molar-refractivity contribution in [1.82, 2.24) is 0 Å². The normalized spacial score (nSPS) is 14.8. The predicted molar refractivity (Wildman–Crippen MR) is 66.9 cm³/mol. The summed E-state index contributed by atoms with van der Waals surface area (Å²) in [5.41, 5.74) is 6.30. The van der Waals surface area contributed by atoms with Crippen LogP contribution in [0.15, 0.2) is 24.3 Å². The molecular formula is C12H18FNOS. The summed E-state index contributed by atoms with van der Waals surface area (Å²) in [6, 6.07) is 6.71. The summed E-state index contributed by atoms with van der Waals surface area (Å²) >= 11 is 1.60. The molecule has 3 N–H and O–H groups in total. The number of halogens is 1. The van der Waals surface area contributed by atoms with Crippen molar-refractivity contribution in [2.24, 2.45) is 11.7 Å². The molecule has 0 aliphatic heterocycles. The summed E-state index contributed by atoms with van der Waals surface area (Å²) < 4.78 is 13.5. The van der Waals surface area contributed by atoms with Crippen LogP contribution in [0.25, 0.3) is 0 Å². The zero-order valence-corrected chi connectivity index (χ0v) is 10.2. The summed E-state index contributed by atoms with van der Waals surface area (Å²) in [6.07, 6.45) is 0. The third-order valence-corrected chi connectivity index (χ3v) is 3.97. The lowest BCUT2D eigenvalue weighted by Crippen LogP contribution is -2.13. The molecule has 0 aliphatic carbocycles. The molecule has 16 heavy (non-hydrogen) atoms. The Morgan fingerprint density at radius 1 is 1.44 bits per heavy atom. The molecule has 0 heterocycles. The molecule has 1 aromatic carbocycles. The van der Waals surface area contributed by atoms with Crippen LogP contribution in [0.1, 0.15) is 17.7 Å². The van der Waals surface area contributed by atoms with E-state index in [0.717, 1.165) is 5.75 Å². The topological polar surface area (TPSA) is 46.2 Å². The third kappa shape index (κ3) is 3.77. The van der Waals surface area contributed by atoms with Crippen LogP contribution in [-0.4, -0.2) is 24.0 Å². The smallest absolute Gasteiger partial charge is 0.127 e. The zero-order chi connectivity index (χ0) is 12.0. The van der Waals surface area contributed by atoms with E-state index in [2.05, 4.69) is 0 Å². The first kappa shape index (κ1) is 13.5. The molecule has 0 bridgehead atoms. The van der Waals surface area contributed by atoms with Crippen LogP contribution < -0.4 is 5.73 Å². The van der Waals surface area contributed by atoms with Crippen molar-refractivity contribution in [3.63, 3.8) is 0 Å². The quantitative estimate of drug-likeness (QED) is 0.805. The summed E-state index contributed by atoms with van der Waals surface area (Å²) in [7, 11) is 0. The van der Waals surface area contributed by atoms with E-state index >= 15 is 0 Å². The lowest BCUT2D eigenvalue weighted by molar-refractivity contribution is 0.250. The van der Waals surface area contributed by atoms with E-state index in [1.54, 1.807) is 23.9 Å². The Balaban J connectivity index is 2.64. The van der Waals surface area contributed by atoms with Crippen LogP contribution in [0.5, 0.6) is 0 Å². The Bertz CT molecular complexity index is 322. The minimum atomic E-state index is -0.206. The molecule has 0 aromatic heterocycles. The molecule has 1 rings (SSSR count). The molecule has 1 aromatic rings. The summed E-state index contributed by atoms with van der Waals surface area (Å²) in [6.45, 7) is 2.52. The monoisotopic (exact) mass is 243 g/mol. The van der Waals surface area contributed by atoms with E-state index in [0.29, 0.717) is 12.1 Å². The van der Waals surface area contributed by atoms with E-state index in [9.17, 15) is 4.39 Å². The minimum absolute atomic E-state index is 0.0322. The van der Waals surface area contributed by atoms with Gasteiger partial charge in [-0.15, -0.1) is 0 Å². The number of rotatable bonds is 6. The van der Waals surface area contributed by atoms with Crippen LogP contribution in [0, 0.1) is 11.7 Å². The highest BCUT2D eigenvalue weighted by atomic mass is 32.2. The maximum Gasteiger partial charge on any atom is 0.127 e. The Hall–Kier alpha value is -0.580. The van der Waals surface area contributed by atoms with Gasteiger partial charge in [-0.25, -0.2) is 4.39 Å². The second kappa shape index (κ2) is 6.89. The number of hydrogen-bond acceptors (Lipinski definition) is 3. The van der Waals surface area contributed by atoms with Crippen molar-refractivity contribution < 1.29 is 9.50 Å². The van der Waals surface area contributed by atoms with Gasteiger partial charge in [-0.2, -0.15) is 11.8 Å². The summed E-state index contributed by atoms with van der Waals surface area (Å²) in [4.78, 5) is 0. The van der Waals surface area contributed by atoms with E-state index in [4.69, 9.17) is 10.8 Å². The summed E-state index contributed by atoms with van der Waals surface area (Å²) in [5, 5.41) is 8.89. The molecule has 0 fully saturated rings. The molecule has 90 valence electrons. The number of hydrogen-bond donors (Lipinski definition) is 2. The Kier molecular flexibility index (Phi) is 5.80. The highest BCUT2D eigenvalue weighted by Gasteiger charge is 2.15. The molecule has 0 spiro atoms. The average Bonchev–Trinajstić information content (AvgIpc) is 2.31. The molecule has 0 saturated carbocycles. The first-order chi connectivity index (χ1) is 7.69. The molecule has 0 aliphatic rings. The highest BCUT2D eigenvalue weighted by Crippen LogP contribution is 2.30. The molecular weight excluding hydrogens is 225 g/mol. The molecule has 0 saturated heterocycles. The van der Waals surface area contributed by atoms with Gasteiger partial charge in [-0.05, 0) is 17.7 Å². The van der Waals surface area contributed by atoms with Gasteiger partial charge < -0.3 is 10.8 Å². The van der Waals surface area contributed by atoms with E-state index in [1.807, 2.05) is 13.0 Å².